The van der Waals surface area contributed by atoms with E-state index >= 15 is 0 Å². The molecule has 0 spiro atoms. The third-order valence-electron chi connectivity index (χ3n) is 3.27. The summed E-state index contributed by atoms with van der Waals surface area (Å²) in [5.41, 5.74) is 3.98. The minimum Gasteiger partial charge on any atom is -0.340 e. The van der Waals surface area contributed by atoms with E-state index in [4.69, 9.17) is 5.26 Å². The molecule has 0 aliphatic heterocycles. The topological polar surface area (TPSA) is 29.5 Å². The molecule has 1 N–H and O–H groups in total. The van der Waals surface area contributed by atoms with Crippen LogP contribution in [-0.2, 0) is 0 Å². The standard InChI is InChI=1S/C18H14O2/c19-20-18-13-16(14-7-3-1-4-8-14)11-12-17(18)15-9-5-2-6-10-15/h1-13,19H. The van der Waals surface area contributed by atoms with Gasteiger partial charge in [0.1, 0.15) is 0 Å². The Bertz CT molecular complexity index is 691. The minimum atomic E-state index is 0.456. The Balaban J connectivity index is 2.07. The van der Waals surface area contributed by atoms with Crippen molar-refractivity contribution < 1.29 is 10.1 Å². The van der Waals surface area contributed by atoms with Gasteiger partial charge in [-0.05, 0) is 28.8 Å². The maximum absolute atomic E-state index is 9.15. The van der Waals surface area contributed by atoms with Gasteiger partial charge in [-0.25, -0.2) is 5.26 Å². The van der Waals surface area contributed by atoms with Crippen LogP contribution in [-0.4, -0.2) is 5.26 Å². The van der Waals surface area contributed by atoms with Gasteiger partial charge in [0.2, 0.25) is 0 Å². The van der Waals surface area contributed by atoms with E-state index in [1.165, 1.54) is 0 Å². The normalized spacial score (nSPS) is 10.2. The molecule has 3 aromatic carbocycles. The van der Waals surface area contributed by atoms with Crippen LogP contribution >= 0.6 is 0 Å². The minimum absolute atomic E-state index is 0.456. The summed E-state index contributed by atoms with van der Waals surface area (Å²) in [6.45, 7) is 0. The lowest BCUT2D eigenvalue weighted by Gasteiger charge is -2.09. The predicted molar refractivity (Wildman–Crippen MR) is 80.6 cm³/mol. The second-order valence-electron chi connectivity index (χ2n) is 4.53. The van der Waals surface area contributed by atoms with Gasteiger partial charge in [0.15, 0.2) is 5.75 Å². The Kier molecular flexibility index (Phi) is 3.48. The van der Waals surface area contributed by atoms with Crippen molar-refractivity contribution in [2.24, 2.45) is 0 Å². The lowest BCUT2D eigenvalue weighted by molar-refractivity contribution is -0.137. The molecule has 0 heterocycles. The molecule has 2 heteroatoms. The monoisotopic (exact) mass is 262 g/mol. The van der Waals surface area contributed by atoms with Gasteiger partial charge in [-0.3, -0.25) is 0 Å². The summed E-state index contributed by atoms with van der Waals surface area (Å²) in [6.07, 6.45) is 0. The van der Waals surface area contributed by atoms with Crippen LogP contribution in [0.5, 0.6) is 5.75 Å². The van der Waals surface area contributed by atoms with Crippen molar-refractivity contribution in [2.45, 2.75) is 0 Å². The maximum atomic E-state index is 9.15. The van der Waals surface area contributed by atoms with Crippen LogP contribution in [0.3, 0.4) is 0 Å². The first-order valence-electron chi connectivity index (χ1n) is 6.45. The van der Waals surface area contributed by atoms with Crippen molar-refractivity contribution in [3.05, 3.63) is 78.9 Å². The molecular weight excluding hydrogens is 248 g/mol. The summed E-state index contributed by atoms with van der Waals surface area (Å²) in [6, 6.07) is 25.7. The van der Waals surface area contributed by atoms with E-state index in [2.05, 4.69) is 4.89 Å². The molecule has 3 aromatic rings. The SMILES string of the molecule is OOc1cc(-c2ccccc2)ccc1-c1ccccc1. The van der Waals surface area contributed by atoms with Crippen LogP contribution in [0.25, 0.3) is 22.3 Å². The van der Waals surface area contributed by atoms with E-state index < -0.39 is 0 Å². The van der Waals surface area contributed by atoms with Gasteiger partial charge in [-0.2, -0.15) is 0 Å². The Hall–Kier alpha value is -2.58. The molecule has 0 amide bonds. The zero-order valence-electron chi connectivity index (χ0n) is 10.9. The highest BCUT2D eigenvalue weighted by molar-refractivity contribution is 5.76. The first kappa shape index (κ1) is 12.5. The Morgan fingerprint density at radius 1 is 0.600 bits per heavy atom. The lowest BCUT2D eigenvalue weighted by atomic mass is 9.99. The van der Waals surface area contributed by atoms with E-state index in [9.17, 15) is 0 Å². The Labute approximate surface area is 117 Å². The summed E-state index contributed by atoms with van der Waals surface area (Å²) >= 11 is 0. The zero-order chi connectivity index (χ0) is 13.8. The molecule has 98 valence electrons. The number of rotatable bonds is 3. The summed E-state index contributed by atoms with van der Waals surface area (Å²) in [5.74, 6) is 0.456. The van der Waals surface area contributed by atoms with Crippen molar-refractivity contribution >= 4 is 0 Å². The van der Waals surface area contributed by atoms with Gasteiger partial charge in [0, 0.05) is 5.56 Å². The van der Waals surface area contributed by atoms with Crippen molar-refractivity contribution in [1.29, 1.82) is 0 Å². The van der Waals surface area contributed by atoms with E-state index in [1.54, 1.807) is 0 Å². The first-order valence-corrected chi connectivity index (χ1v) is 6.45. The van der Waals surface area contributed by atoms with E-state index in [1.807, 2.05) is 78.9 Å². The fourth-order valence-electron chi connectivity index (χ4n) is 2.26. The Morgan fingerprint density at radius 2 is 1.20 bits per heavy atom. The highest BCUT2D eigenvalue weighted by Gasteiger charge is 2.08. The van der Waals surface area contributed by atoms with Crippen molar-refractivity contribution in [3.63, 3.8) is 0 Å². The summed E-state index contributed by atoms with van der Waals surface area (Å²) in [7, 11) is 0. The third kappa shape index (κ3) is 2.42. The lowest BCUT2D eigenvalue weighted by Crippen LogP contribution is -1.89. The van der Waals surface area contributed by atoms with E-state index in [0.717, 1.165) is 22.3 Å². The summed E-state index contributed by atoms with van der Waals surface area (Å²) in [4.78, 5) is 4.56. The molecule has 0 fully saturated rings. The molecule has 3 rings (SSSR count). The van der Waals surface area contributed by atoms with E-state index in [-0.39, 0.29) is 0 Å². The second-order valence-corrected chi connectivity index (χ2v) is 4.53. The number of benzene rings is 3. The molecule has 20 heavy (non-hydrogen) atoms. The summed E-state index contributed by atoms with van der Waals surface area (Å²) in [5, 5.41) is 9.15. The van der Waals surface area contributed by atoms with E-state index in [0.29, 0.717) is 5.75 Å². The average Bonchev–Trinajstić information content (AvgIpc) is 2.56. The second kappa shape index (κ2) is 5.59. The molecule has 0 aliphatic carbocycles. The van der Waals surface area contributed by atoms with Gasteiger partial charge >= 0.3 is 0 Å². The van der Waals surface area contributed by atoms with Crippen LogP contribution in [0.2, 0.25) is 0 Å². The predicted octanol–water partition coefficient (Wildman–Crippen LogP) is 4.87. The molecule has 0 aliphatic rings. The molecule has 2 nitrogen and oxygen atoms in total. The van der Waals surface area contributed by atoms with Crippen LogP contribution in [0.15, 0.2) is 78.9 Å². The fourth-order valence-corrected chi connectivity index (χ4v) is 2.26. The molecule has 0 saturated carbocycles. The third-order valence-corrected chi connectivity index (χ3v) is 3.27. The Morgan fingerprint density at radius 3 is 1.80 bits per heavy atom. The zero-order valence-corrected chi connectivity index (χ0v) is 10.9. The molecule has 0 atom stereocenters. The van der Waals surface area contributed by atoms with Crippen molar-refractivity contribution in [2.75, 3.05) is 0 Å². The fraction of sp³-hybridized carbons (Fsp3) is 0. The first-order chi connectivity index (χ1) is 9.88. The van der Waals surface area contributed by atoms with Crippen molar-refractivity contribution in [3.8, 4) is 28.0 Å². The van der Waals surface area contributed by atoms with Crippen LogP contribution in [0, 0.1) is 0 Å². The quantitative estimate of drug-likeness (QED) is 0.539. The van der Waals surface area contributed by atoms with Crippen molar-refractivity contribution in [1.82, 2.24) is 0 Å². The van der Waals surface area contributed by atoms with Gasteiger partial charge < -0.3 is 4.89 Å². The highest BCUT2D eigenvalue weighted by atomic mass is 17.1. The van der Waals surface area contributed by atoms with Gasteiger partial charge in [0.25, 0.3) is 0 Å². The highest BCUT2D eigenvalue weighted by Crippen LogP contribution is 2.33. The average molecular weight is 262 g/mol. The van der Waals surface area contributed by atoms with Gasteiger partial charge in [-0.1, -0.05) is 66.7 Å². The largest absolute Gasteiger partial charge is 0.340 e. The summed E-state index contributed by atoms with van der Waals surface area (Å²) < 4.78 is 0. The van der Waals surface area contributed by atoms with Gasteiger partial charge in [-0.15, -0.1) is 0 Å². The number of hydrogen-bond donors (Lipinski definition) is 1. The van der Waals surface area contributed by atoms with Crippen LogP contribution in [0.1, 0.15) is 0 Å². The molecule has 0 aromatic heterocycles. The molecule has 0 unspecified atom stereocenters. The smallest absolute Gasteiger partial charge is 0.173 e. The molecular formula is C18H14O2. The van der Waals surface area contributed by atoms with Crippen LogP contribution < -0.4 is 4.89 Å². The molecule has 0 bridgehead atoms. The maximum Gasteiger partial charge on any atom is 0.173 e. The molecule has 0 saturated heterocycles. The van der Waals surface area contributed by atoms with Gasteiger partial charge in [0.05, 0.1) is 0 Å². The van der Waals surface area contributed by atoms with Crippen LogP contribution in [0.4, 0.5) is 0 Å². The molecule has 0 radical (unpaired) electrons. The number of hydrogen-bond acceptors (Lipinski definition) is 2.